The van der Waals surface area contributed by atoms with Crippen LogP contribution in [0.1, 0.15) is 44.2 Å². The average molecular weight is 474 g/mol. The number of piperidine rings is 1. The van der Waals surface area contributed by atoms with E-state index in [-0.39, 0.29) is 22.1 Å². The molecule has 1 saturated heterocycles. The molecule has 8 nitrogen and oxygen atoms in total. The topological polar surface area (TPSA) is 96.8 Å². The summed E-state index contributed by atoms with van der Waals surface area (Å²) >= 11 is 0.991. The molecule has 1 aromatic heterocycles. The predicted molar refractivity (Wildman–Crippen MR) is 127 cm³/mol. The highest BCUT2D eigenvalue weighted by Gasteiger charge is 2.35. The second-order valence-electron chi connectivity index (χ2n) is 7.77. The smallest absolute Gasteiger partial charge is 0.263 e. The lowest BCUT2D eigenvalue weighted by molar-refractivity contribution is 0.0847. The molecule has 10 heteroatoms. The van der Waals surface area contributed by atoms with Crippen molar-refractivity contribution in [1.29, 1.82) is 0 Å². The van der Waals surface area contributed by atoms with Crippen molar-refractivity contribution in [2.45, 2.75) is 49.6 Å². The van der Waals surface area contributed by atoms with Gasteiger partial charge in [0, 0.05) is 47.9 Å². The summed E-state index contributed by atoms with van der Waals surface area (Å²) in [7, 11) is -3.77. The number of fused-ring (bicyclic) bond motifs is 1. The molecule has 1 aromatic carbocycles. The van der Waals surface area contributed by atoms with Gasteiger partial charge in [0.05, 0.1) is 11.5 Å². The third-order valence-corrected chi connectivity index (χ3v) is 7.86. The normalized spacial score (nSPS) is 22.3. The number of allylic oxidation sites excluding steroid dienone is 1. The van der Waals surface area contributed by atoms with Crippen LogP contribution < -0.4 is 9.46 Å². The molecular formula is C22H27N5O3S2. The van der Waals surface area contributed by atoms with Gasteiger partial charge >= 0.3 is 0 Å². The van der Waals surface area contributed by atoms with E-state index in [1.807, 2.05) is 25.3 Å². The molecule has 0 radical (unpaired) electrons. The third-order valence-electron chi connectivity index (χ3n) is 5.81. The summed E-state index contributed by atoms with van der Waals surface area (Å²) in [5.74, 6) is 0.615. The van der Waals surface area contributed by atoms with Crippen LogP contribution in [-0.4, -0.2) is 48.6 Å². The van der Waals surface area contributed by atoms with E-state index in [2.05, 4.69) is 36.8 Å². The molecule has 0 spiro atoms. The fraction of sp³-hybridized carbons (Fsp3) is 0.409. The van der Waals surface area contributed by atoms with Gasteiger partial charge < -0.3 is 4.74 Å². The number of benzene rings is 1. The number of sulfonamides is 1. The molecular weight excluding hydrogens is 446 g/mol. The summed E-state index contributed by atoms with van der Waals surface area (Å²) in [4.78, 5) is 10.6. The third kappa shape index (κ3) is 4.77. The standard InChI is InChI=1S/C22H27N5O3S2/c1-3-6-16(14-23-2)19-7-4-5-11-27(19)20-10-12-30-21-13-17(8-9-18(20)21)32(28,29)26-22-24-15-25-31-22/h3,6,8-9,13-15,19-20H,2,4-5,7,10-12H2,1H3,(H,24,25,26)/b6-3-,16-14+/t19-,20+/m0/s1. The molecule has 0 aliphatic carbocycles. The van der Waals surface area contributed by atoms with Crippen LogP contribution in [0, 0.1) is 0 Å². The number of likely N-dealkylation sites (tertiary alicyclic amines) is 1. The maximum Gasteiger partial charge on any atom is 0.263 e. The SMILES string of the molecule is C=N/C=C(\C=C/C)[C@@H]1CCCCN1[C@@H]1CCOc2cc(S(=O)(=O)Nc3ncns3)ccc21. The van der Waals surface area contributed by atoms with Gasteiger partial charge in [-0.2, -0.15) is 4.37 Å². The molecule has 2 aliphatic rings. The van der Waals surface area contributed by atoms with Crippen LogP contribution in [0.15, 0.2) is 58.3 Å². The highest BCUT2D eigenvalue weighted by atomic mass is 32.2. The molecule has 0 bridgehead atoms. The quantitative estimate of drug-likeness (QED) is 0.479. The molecule has 2 aliphatic heterocycles. The van der Waals surface area contributed by atoms with E-state index in [4.69, 9.17) is 4.74 Å². The zero-order valence-electron chi connectivity index (χ0n) is 18.0. The Hall–Kier alpha value is -2.56. The van der Waals surface area contributed by atoms with E-state index >= 15 is 0 Å². The zero-order chi connectivity index (χ0) is 22.6. The second kappa shape index (κ2) is 9.93. The van der Waals surface area contributed by atoms with E-state index < -0.39 is 10.0 Å². The molecule has 170 valence electrons. The molecule has 2 aromatic rings. The van der Waals surface area contributed by atoms with Crippen LogP contribution in [-0.2, 0) is 10.0 Å². The van der Waals surface area contributed by atoms with Gasteiger partial charge in [-0.3, -0.25) is 14.6 Å². The van der Waals surface area contributed by atoms with Crippen molar-refractivity contribution in [2.75, 3.05) is 17.9 Å². The number of aromatic nitrogens is 2. The Balaban J connectivity index is 1.64. The Morgan fingerprint density at radius 2 is 2.25 bits per heavy atom. The van der Waals surface area contributed by atoms with Crippen LogP contribution in [0.5, 0.6) is 5.75 Å². The minimum Gasteiger partial charge on any atom is -0.493 e. The number of rotatable bonds is 7. The fourth-order valence-corrected chi connectivity index (χ4v) is 6.15. The molecule has 4 rings (SSSR count). The zero-order valence-corrected chi connectivity index (χ0v) is 19.6. The first-order chi connectivity index (χ1) is 15.5. The number of ether oxygens (including phenoxy) is 1. The van der Waals surface area contributed by atoms with E-state index in [9.17, 15) is 8.42 Å². The van der Waals surface area contributed by atoms with Crippen molar-refractivity contribution in [3.63, 3.8) is 0 Å². The summed E-state index contributed by atoms with van der Waals surface area (Å²) in [5.41, 5.74) is 2.17. The van der Waals surface area contributed by atoms with Crippen LogP contribution in [0.2, 0.25) is 0 Å². The second-order valence-corrected chi connectivity index (χ2v) is 10.2. The largest absolute Gasteiger partial charge is 0.493 e. The van der Waals surface area contributed by atoms with Gasteiger partial charge in [-0.05, 0) is 44.7 Å². The lowest BCUT2D eigenvalue weighted by Crippen LogP contribution is -2.44. The van der Waals surface area contributed by atoms with E-state index in [1.165, 1.54) is 6.33 Å². The summed E-state index contributed by atoms with van der Waals surface area (Å²) in [6.45, 7) is 7.16. The molecule has 1 N–H and O–H groups in total. The number of aliphatic imine (C=N–C) groups is 1. The van der Waals surface area contributed by atoms with Crippen LogP contribution in [0.25, 0.3) is 0 Å². The fourth-order valence-electron chi connectivity index (χ4n) is 4.48. The molecule has 3 heterocycles. The molecule has 1 fully saturated rings. The Kier molecular flexibility index (Phi) is 7.02. The van der Waals surface area contributed by atoms with E-state index in [0.717, 1.165) is 54.9 Å². The summed E-state index contributed by atoms with van der Waals surface area (Å²) in [5, 5.41) is 0.233. The van der Waals surface area contributed by atoms with Gasteiger partial charge in [-0.25, -0.2) is 13.4 Å². The van der Waals surface area contributed by atoms with Gasteiger partial charge in [0.2, 0.25) is 5.13 Å². The maximum absolute atomic E-state index is 12.8. The minimum atomic E-state index is -3.77. The van der Waals surface area contributed by atoms with Gasteiger partial charge in [0.1, 0.15) is 12.1 Å². The Bertz CT molecular complexity index is 1110. The van der Waals surface area contributed by atoms with Crippen LogP contribution in [0.3, 0.4) is 0 Å². The first-order valence-corrected chi connectivity index (χ1v) is 12.9. The van der Waals surface area contributed by atoms with Crippen molar-refractivity contribution in [2.24, 2.45) is 4.99 Å². The van der Waals surface area contributed by atoms with Crippen LogP contribution in [0.4, 0.5) is 5.13 Å². The van der Waals surface area contributed by atoms with Gasteiger partial charge in [-0.15, -0.1) is 0 Å². The first kappa shape index (κ1) is 22.6. The minimum absolute atomic E-state index is 0.146. The van der Waals surface area contributed by atoms with Crippen molar-refractivity contribution in [3.05, 3.63) is 54.0 Å². The average Bonchev–Trinajstić information content (AvgIpc) is 3.30. The molecule has 32 heavy (non-hydrogen) atoms. The van der Waals surface area contributed by atoms with Gasteiger partial charge in [-0.1, -0.05) is 24.6 Å². The summed E-state index contributed by atoms with van der Waals surface area (Å²) < 4.78 is 37.8. The Labute approximate surface area is 193 Å². The van der Waals surface area contributed by atoms with Gasteiger partial charge in [0.25, 0.3) is 10.0 Å². The lowest BCUT2D eigenvalue weighted by atomic mass is 9.89. The molecule has 2 atom stereocenters. The Morgan fingerprint density at radius 1 is 1.38 bits per heavy atom. The summed E-state index contributed by atoms with van der Waals surface area (Å²) in [6, 6.07) is 5.51. The van der Waals surface area contributed by atoms with Crippen LogP contribution >= 0.6 is 11.5 Å². The number of anilines is 1. The molecule has 0 unspecified atom stereocenters. The highest BCUT2D eigenvalue weighted by Crippen LogP contribution is 2.41. The van der Waals surface area contributed by atoms with E-state index in [1.54, 1.807) is 12.1 Å². The van der Waals surface area contributed by atoms with Crippen molar-refractivity contribution in [3.8, 4) is 5.75 Å². The number of hydrogen-bond donors (Lipinski definition) is 1. The number of hydrogen-bond acceptors (Lipinski definition) is 8. The van der Waals surface area contributed by atoms with Crippen molar-refractivity contribution in [1.82, 2.24) is 14.3 Å². The maximum atomic E-state index is 12.8. The van der Waals surface area contributed by atoms with Crippen molar-refractivity contribution >= 4 is 33.4 Å². The predicted octanol–water partition coefficient (Wildman–Crippen LogP) is 4.18. The summed E-state index contributed by atoms with van der Waals surface area (Å²) in [6.07, 6.45) is 11.5. The number of nitrogens with zero attached hydrogens (tertiary/aromatic N) is 4. The van der Waals surface area contributed by atoms with Gasteiger partial charge in [0.15, 0.2) is 0 Å². The molecule has 0 saturated carbocycles. The Morgan fingerprint density at radius 3 is 3.00 bits per heavy atom. The number of nitrogens with one attached hydrogen (secondary N) is 1. The lowest BCUT2D eigenvalue weighted by Gasteiger charge is -2.43. The van der Waals surface area contributed by atoms with Crippen molar-refractivity contribution < 1.29 is 13.2 Å². The monoisotopic (exact) mass is 473 g/mol. The van der Waals surface area contributed by atoms with E-state index in [0.29, 0.717) is 12.4 Å². The highest BCUT2D eigenvalue weighted by molar-refractivity contribution is 7.93. The first-order valence-electron chi connectivity index (χ1n) is 10.6. The molecule has 0 amide bonds.